The predicted octanol–water partition coefficient (Wildman–Crippen LogP) is -0.275. The number of carboxylic acid groups (broad SMARTS) is 1. The molecule has 0 heterocycles. The van der Waals surface area contributed by atoms with E-state index in [-0.39, 0.29) is 11.4 Å². The van der Waals surface area contributed by atoms with Crippen LogP contribution in [0.5, 0.6) is 0 Å². The molecule has 8 nitrogen and oxygen atoms in total. The SMILES string of the molecule is CCNS(=O)(=O)c1ccc(NC(=O)C(N)CC(=O)O)cc1. The molecule has 0 aliphatic carbocycles. The number of benzene rings is 1. The Balaban J connectivity index is 2.75. The summed E-state index contributed by atoms with van der Waals surface area (Å²) in [6, 6.07) is 4.28. The minimum Gasteiger partial charge on any atom is -0.481 e. The van der Waals surface area contributed by atoms with Crippen LogP contribution in [0.1, 0.15) is 13.3 Å². The summed E-state index contributed by atoms with van der Waals surface area (Å²) < 4.78 is 25.8. The number of amides is 1. The van der Waals surface area contributed by atoms with Crippen molar-refractivity contribution in [3.05, 3.63) is 24.3 Å². The third-order valence-corrected chi connectivity index (χ3v) is 4.06. The van der Waals surface area contributed by atoms with Gasteiger partial charge in [0.05, 0.1) is 17.4 Å². The first kappa shape index (κ1) is 17.1. The van der Waals surface area contributed by atoms with Crippen molar-refractivity contribution in [1.82, 2.24) is 4.72 Å². The highest BCUT2D eigenvalue weighted by atomic mass is 32.2. The number of hydrogen-bond acceptors (Lipinski definition) is 5. The van der Waals surface area contributed by atoms with Crippen LogP contribution in [0.15, 0.2) is 29.2 Å². The Morgan fingerprint density at radius 1 is 1.29 bits per heavy atom. The predicted molar refractivity (Wildman–Crippen MR) is 76.2 cm³/mol. The Bertz CT molecular complexity index is 612. The van der Waals surface area contributed by atoms with Crippen LogP contribution in [0.3, 0.4) is 0 Å². The molecule has 1 aromatic rings. The highest BCUT2D eigenvalue weighted by Gasteiger charge is 2.17. The molecule has 1 aromatic carbocycles. The molecule has 0 aliphatic rings. The van der Waals surface area contributed by atoms with Crippen molar-refractivity contribution in [3.8, 4) is 0 Å². The molecule has 1 rings (SSSR count). The molecule has 0 radical (unpaired) electrons. The van der Waals surface area contributed by atoms with Gasteiger partial charge in [-0.3, -0.25) is 9.59 Å². The van der Waals surface area contributed by atoms with E-state index in [1.807, 2.05) is 0 Å². The summed E-state index contributed by atoms with van der Waals surface area (Å²) in [6.45, 7) is 1.93. The second-order valence-corrected chi connectivity index (χ2v) is 5.99. The maximum absolute atomic E-state index is 11.7. The van der Waals surface area contributed by atoms with E-state index in [2.05, 4.69) is 10.0 Å². The molecular weight excluding hydrogens is 298 g/mol. The summed E-state index contributed by atoms with van der Waals surface area (Å²) in [5.41, 5.74) is 5.74. The number of nitrogens with two attached hydrogens (primary N) is 1. The summed E-state index contributed by atoms with van der Waals surface area (Å²) in [4.78, 5) is 22.1. The maximum Gasteiger partial charge on any atom is 0.305 e. The lowest BCUT2D eigenvalue weighted by Gasteiger charge is -2.11. The van der Waals surface area contributed by atoms with E-state index in [1.54, 1.807) is 6.92 Å². The monoisotopic (exact) mass is 315 g/mol. The van der Waals surface area contributed by atoms with Crippen molar-refractivity contribution in [2.75, 3.05) is 11.9 Å². The van der Waals surface area contributed by atoms with Crippen LogP contribution in [-0.2, 0) is 19.6 Å². The second kappa shape index (κ2) is 7.16. The van der Waals surface area contributed by atoms with Gasteiger partial charge in [0.25, 0.3) is 0 Å². The molecule has 0 fully saturated rings. The summed E-state index contributed by atoms with van der Waals surface area (Å²) in [5.74, 6) is -1.83. The number of aliphatic carboxylic acids is 1. The van der Waals surface area contributed by atoms with E-state index in [0.29, 0.717) is 5.69 Å². The number of carbonyl (C=O) groups excluding carboxylic acids is 1. The van der Waals surface area contributed by atoms with Crippen LogP contribution < -0.4 is 15.8 Å². The largest absolute Gasteiger partial charge is 0.481 e. The number of hydrogen-bond donors (Lipinski definition) is 4. The van der Waals surface area contributed by atoms with Gasteiger partial charge in [-0.1, -0.05) is 6.92 Å². The van der Waals surface area contributed by atoms with E-state index >= 15 is 0 Å². The number of carbonyl (C=O) groups is 2. The van der Waals surface area contributed by atoms with Crippen LogP contribution in [-0.4, -0.2) is 38.0 Å². The standard InChI is InChI=1S/C12H17N3O5S/c1-2-14-21(19,20)9-5-3-8(4-6-9)15-12(18)10(13)7-11(16)17/h3-6,10,14H,2,7,13H2,1H3,(H,15,18)(H,16,17). The molecule has 9 heteroatoms. The number of nitrogens with one attached hydrogen (secondary N) is 2. The Labute approximate surface area is 122 Å². The summed E-state index contributed by atoms with van der Waals surface area (Å²) in [7, 11) is -3.55. The first-order chi connectivity index (χ1) is 9.76. The van der Waals surface area contributed by atoms with Gasteiger partial charge in [-0.15, -0.1) is 0 Å². The topological polar surface area (TPSA) is 139 Å². The molecule has 0 saturated carbocycles. The average molecular weight is 315 g/mol. The van der Waals surface area contributed by atoms with Gasteiger partial charge < -0.3 is 16.2 Å². The lowest BCUT2D eigenvalue weighted by Crippen LogP contribution is -2.37. The number of sulfonamides is 1. The smallest absolute Gasteiger partial charge is 0.305 e. The zero-order valence-electron chi connectivity index (χ0n) is 11.4. The van der Waals surface area contributed by atoms with Crippen LogP contribution in [0.25, 0.3) is 0 Å². The normalized spacial score (nSPS) is 12.7. The fourth-order valence-electron chi connectivity index (χ4n) is 1.51. The highest BCUT2D eigenvalue weighted by Crippen LogP contribution is 2.14. The third-order valence-electron chi connectivity index (χ3n) is 2.50. The zero-order chi connectivity index (χ0) is 16.0. The molecule has 21 heavy (non-hydrogen) atoms. The van der Waals surface area contributed by atoms with Gasteiger partial charge in [-0.05, 0) is 24.3 Å². The van der Waals surface area contributed by atoms with Gasteiger partial charge in [0, 0.05) is 12.2 Å². The highest BCUT2D eigenvalue weighted by molar-refractivity contribution is 7.89. The maximum atomic E-state index is 11.7. The average Bonchev–Trinajstić information content (AvgIpc) is 2.38. The van der Waals surface area contributed by atoms with Crippen LogP contribution in [0, 0.1) is 0 Å². The number of carboxylic acids is 1. The minimum atomic E-state index is -3.55. The fraction of sp³-hybridized carbons (Fsp3) is 0.333. The van der Waals surface area contributed by atoms with Crippen molar-refractivity contribution >= 4 is 27.6 Å². The molecule has 1 amide bonds. The van der Waals surface area contributed by atoms with Gasteiger partial charge in [-0.2, -0.15) is 0 Å². The Kier molecular flexibility index (Phi) is 5.82. The quantitative estimate of drug-likeness (QED) is 0.546. The van der Waals surface area contributed by atoms with E-state index in [9.17, 15) is 18.0 Å². The number of anilines is 1. The Morgan fingerprint density at radius 2 is 1.86 bits per heavy atom. The minimum absolute atomic E-state index is 0.0668. The van der Waals surface area contributed by atoms with Crippen LogP contribution >= 0.6 is 0 Å². The van der Waals surface area contributed by atoms with Crippen LogP contribution in [0.2, 0.25) is 0 Å². The molecule has 0 saturated heterocycles. The van der Waals surface area contributed by atoms with E-state index < -0.39 is 34.4 Å². The van der Waals surface area contributed by atoms with E-state index in [1.165, 1.54) is 24.3 Å². The first-order valence-corrected chi connectivity index (χ1v) is 7.62. The van der Waals surface area contributed by atoms with E-state index in [4.69, 9.17) is 10.8 Å². The molecule has 0 aliphatic heterocycles. The zero-order valence-corrected chi connectivity index (χ0v) is 12.2. The molecule has 0 bridgehead atoms. The van der Waals surface area contributed by atoms with Crippen molar-refractivity contribution in [3.63, 3.8) is 0 Å². The summed E-state index contributed by atoms with van der Waals surface area (Å²) in [6.07, 6.45) is -0.487. The lowest BCUT2D eigenvalue weighted by atomic mass is 10.2. The molecule has 116 valence electrons. The number of rotatable bonds is 7. The molecule has 0 spiro atoms. The van der Waals surface area contributed by atoms with Gasteiger partial charge in [0.2, 0.25) is 15.9 Å². The molecular formula is C12H17N3O5S. The second-order valence-electron chi connectivity index (χ2n) is 4.22. The molecule has 1 unspecified atom stereocenters. The molecule has 0 aromatic heterocycles. The fourth-order valence-corrected chi connectivity index (χ4v) is 2.55. The van der Waals surface area contributed by atoms with Gasteiger partial charge in [0.15, 0.2) is 0 Å². The van der Waals surface area contributed by atoms with Crippen molar-refractivity contribution in [2.24, 2.45) is 5.73 Å². The van der Waals surface area contributed by atoms with E-state index in [0.717, 1.165) is 0 Å². The van der Waals surface area contributed by atoms with Crippen LogP contribution in [0.4, 0.5) is 5.69 Å². The molecule has 1 atom stereocenters. The third kappa shape index (κ3) is 5.14. The van der Waals surface area contributed by atoms with Gasteiger partial charge in [0.1, 0.15) is 0 Å². The van der Waals surface area contributed by atoms with Crippen molar-refractivity contribution in [1.29, 1.82) is 0 Å². The summed E-state index contributed by atoms with van der Waals surface area (Å²) in [5, 5.41) is 11.0. The van der Waals surface area contributed by atoms with Crippen molar-refractivity contribution in [2.45, 2.75) is 24.3 Å². The van der Waals surface area contributed by atoms with Crippen molar-refractivity contribution < 1.29 is 23.1 Å². The van der Waals surface area contributed by atoms with Gasteiger partial charge >= 0.3 is 5.97 Å². The van der Waals surface area contributed by atoms with Gasteiger partial charge in [-0.25, -0.2) is 13.1 Å². The Hall–Kier alpha value is -1.97. The summed E-state index contributed by atoms with van der Waals surface area (Å²) >= 11 is 0. The Morgan fingerprint density at radius 3 is 2.33 bits per heavy atom. The lowest BCUT2D eigenvalue weighted by molar-refractivity contribution is -0.138. The first-order valence-electron chi connectivity index (χ1n) is 6.14. The molecule has 5 N–H and O–H groups in total.